The van der Waals surface area contributed by atoms with Crippen molar-refractivity contribution >= 4 is 11.6 Å². The first-order chi connectivity index (χ1) is 8.69. The first kappa shape index (κ1) is 11.7. The lowest BCUT2D eigenvalue weighted by Crippen LogP contribution is -2.12. The van der Waals surface area contributed by atoms with Gasteiger partial charge >= 0.3 is 0 Å². The molecular weight excluding hydrogens is 233 g/mol. The van der Waals surface area contributed by atoms with Crippen LogP contribution < -0.4 is 5.32 Å². The van der Waals surface area contributed by atoms with Gasteiger partial charge in [-0.3, -0.25) is 4.79 Å². The zero-order valence-electron chi connectivity index (χ0n) is 9.22. The lowest BCUT2D eigenvalue weighted by Gasteiger charge is -2.04. The van der Waals surface area contributed by atoms with Gasteiger partial charge in [0.1, 0.15) is 0 Å². The molecule has 1 heterocycles. The van der Waals surface area contributed by atoms with Gasteiger partial charge in [-0.25, -0.2) is 4.98 Å². The summed E-state index contributed by atoms with van der Waals surface area (Å²) in [5.74, 6) is -0.945. The molecule has 0 atom stereocenters. The van der Waals surface area contributed by atoms with E-state index in [0.717, 1.165) is 6.07 Å². The Balaban J connectivity index is 2.12. The van der Waals surface area contributed by atoms with Crippen LogP contribution in [0.25, 0.3) is 0 Å². The number of carbonyl (C=O) groups excluding carboxylic acids is 1. The molecule has 1 aromatic heterocycles. The van der Waals surface area contributed by atoms with Crippen LogP contribution in [0.4, 0.5) is 10.1 Å². The third-order valence-corrected chi connectivity index (χ3v) is 2.26. The molecule has 18 heavy (non-hydrogen) atoms. The van der Waals surface area contributed by atoms with Gasteiger partial charge in [-0.1, -0.05) is 0 Å². The molecule has 1 amide bonds. The Morgan fingerprint density at radius 3 is 2.50 bits per heavy atom. The molecule has 0 unspecified atom stereocenters. The molecule has 0 bridgehead atoms. The molecule has 0 saturated heterocycles. The van der Waals surface area contributed by atoms with Crippen molar-refractivity contribution in [2.45, 2.75) is 0 Å². The van der Waals surface area contributed by atoms with Gasteiger partial charge in [0.15, 0.2) is 0 Å². The first-order valence-corrected chi connectivity index (χ1v) is 5.12. The Labute approximate surface area is 103 Å². The molecular formula is C13H8FN3O. The highest BCUT2D eigenvalue weighted by Crippen LogP contribution is 2.09. The second kappa shape index (κ2) is 5.06. The third kappa shape index (κ3) is 2.68. The number of rotatable bonds is 2. The van der Waals surface area contributed by atoms with Crippen LogP contribution in [0.2, 0.25) is 0 Å². The summed E-state index contributed by atoms with van der Waals surface area (Å²) in [6, 6.07) is 10.7. The number of benzene rings is 1. The minimum atomic E-state index is -0.605. The molecule has 0 aliphatic heterocycles. The number of aromatic nitrogens is 1. The first-order valence-electron chi connectivity index (χ1n) is 5.12. The second-order valence-electron chi connectivity index (χ2n) is 3.51. The fourth-order valence-corrected chi connectivity index (χ4v) is 1.35. The summed E-state index contributed by atoms with van der Waals surface area (Å²) < 4.78 is 12.6. The average Bonchev–Trinajstić information content (AvgIpc) is 2.41. The van der Waals surface area contributed by atoms with Crippen molar-refractivity contribution < 1.29 is 9.18 Å². The van der Waals surface area contributed by atoms with Crippen molar-refractivity contribution in [2.24, 2.45) is 0 Å². The van der Waals surface area contributed by atoms with E-state index < -0.39 is 5.95 Å². The zero-order valence-corrected chi connectivity index (χ0v) is 9.22. The Morgan fingerprint density at radius 1 is 1.22 bits per heavy atom. The molecule has 2 aromatic rings. The van der Waals surface area contributed by atoms with Gasteiger partial charge in [0.2, 0.25) is 5.95 Å². The van der Waals surface area contributed by atoms with Gasteiger partial charge in [0.25, 0.3) is 5.91 Å². The highest BCUT2D eigenvalue weighted by Gasteiger charge is 2.06. The molecule has 4 nitrogen and oxygen atoms in total. The molecule has 2 rings (SSSR count). The maximum absolute atomic E-state index is 12.6. The summed E-state index contributed by atoms with van der Waals surface area (Å²) >= 11 is 0. The number of halogens is 1. The number of hydrogen-bond donors (Lipinski definition) is 1. The zero-order chi connectivity index (χ0) is 13.0. The number of carbonyl (C=O) groups is 1. The SMILES string of the molecule is N#Cc1ccc(C(=O)Nc2ccc(F)nc2)cc1. The van der Waals surface area contributed by atoms with E-state index in [4.69, 9.17) is 5.26 Å². The molecule has 0 aliphatic carbocycles. The van der Waals surface area contributed by atoms with Crippen molar-refractivity contribution in [3.63, 3.8) is 0 Å². The smallest absolute Gasteiger partial charge is 0.255 e. The molecule has 0 spiro atoms. The van der Waals surface area contributed by atoms with Crippen molar-refractivity contribution in [1.29, 1.82) is 5.26 Å². The van der Waals surface area contributed by atoms with Crippen molar-refractivity contribution in [1.82, 2.24) is 4.98 Å². The van der Waals surface area contributed by atoms with Crippen molar-refractivity contribution in [2.75, 3.05) is 5.32 Å². The minimum absolute atomic E-state index is 0.340. The van der Waals surface area contributed by atoms with Crippen molar-refractivity contribution in [3.8, 4) is 6.07 Å². The van der Waals surface area contributed by atoms with Crippen LogP contribution in [0.15, 0.2) is 42.6 Å². The quantitative estimate of drug-likeness (QED) is 0.820. The predicted molar refractivity (Wildman–Crippen MR) is 63.3 cm³/mol. The van der Waals surface area contributed by atoms with E-state index in [9.17, 15) is 9.18 Å². The van der Waals surface area contributed by atoms with Crippen LogP contribution in [-0.4, -0.2) is 10.9 Å². The van der Waals surface area contributed by atoms with E-state index in [0.29, 0.717) is 16.8 Å². The number of pyridine rings is 1. The van der Waals surface area contributed by atoms with Gasteiger partial charge in [0.05, 0.1) is 23.5 Å². The average molecular weight is 241 g/mol. The summed E-state index contributed by atoms with van der Waals surface area (Å²) in [4.78, 5) is 15.2. The summed E-state index contributed by atoms with van der Waals surface area (Å²) in [7, 11) is 0. The van der Waals surface area contributed by atoms with E-state index in [1.165, 1.54) is 12.3 Å². The topological polar surface area (TPSA) is 65.8 Å². The molecule has 0 aliphatic rings. The van der Waals surface area contributed by atoms with Gasteiger partial charge in [0, 0.05) is 5.56 Å². The van der Waals surface area contributed by atoms with Crippen LogP contribution in [0.5, 0.6) is 0 Å². The molecule has 0 saturated carbocycles. The van der Waals surface area contributed by atoms with E-state index in [-0.39, 0.29) is 5.91 Å². The predicted octanol–water partition coefficient (Wildman–Crippen LogP) is 2.34. The lowest BCUT2D eigenvalue weighted by atomic mass is 10.1. The van der Waals surface area contributed by atoms with Gasteiger partial charge in [-0.15, -0.1) is 0 Å². The number of anilines is 1. The van der Waals surface area contributed by atoms with Gasteiger partial charge in [-0.2, -0.15) is 9.65 Å². The molecule has 5 heteroatoms. The van der Waals surface area contributed by atoms with E-state index in [2.05, 4.69) is 10.3 Å². The van der Waals surface area contributed by atoms with E-state index in [1.807, 2.05) is 6.07 Å². The Bertz CT molecular complexity index is 600. The number of amides is 1. The fraction of sp³-hybridized carbons (Fsp3) is 0. The van der Waals surface area contributed by atoms with Crippen LogP contribution in [0, 0.1) is 17.3 Å². The Hall–Kier alpha value is -2.74. The number of hydrogen-bond acceptors (Lipinski definition) is 3. The molecule has 0 radical (unpaired) electrons. The number of nitrogens with one attached hydrogen (secondary N) is 1. The van der Waals surface area contributed by atoms with Crippen LogP contribution in [-0.2, 0) is 0 Å². The normalized spacial score (nSPS) is 9.56. The maximum atomic E-state index is 12.6. The Kier molecular flexibility index (Phi) is 3.30. The van der Waals surface area contributed by atoms with Crippen LogP contribution >= 0.6 is 0 Å². The summed E-state index contributed by atoms with van der Waals surface area (Å²) in [5, 5.41) is 11.2. The number of nitriles is 1. The maximum Gasteiger partial charge on any atom is 0.255 e. The molecule has 1 N–H and O–H groups in total. The highest BCUT2D eigenvalue weighted by atomic mass is 19.1. The fourth-order valence-electron chi connectivity index (χ4n) is 1.35. The third-order valence-electron chi connectivity index (χ3n) is 2.26. The highest BCUT2D eigenvalue weighted by molar-refractivity contribution is 6.04. The van der Waals surface area contributed by atoms with Crippen molar-refractivity contribution in [3.05, 3.63) is 59.7 Å². The molecule has 0 fully saturated rings. The largest absolute Gasteiger partial charge is 0.321 e. The number of nitrogens with zero attached hydrogens (tertiary/aromatic N) is 2. The summed E-state index contributed by atoms with van der Waals surface area (Å²) in [5.41, 5.74) is 1.30. The Morgan fingerprint density at radius 2 is 1.94 bits per heavy atom. The van der Waals surface area contributed by atoms with E-state index in [1.54, 1.807) is 24.3 Å². The minimum Gasteiger partial charge on any atom is -0.321 e. The molecule has 88 valence electrons. The standard InChI is InChI=1S/C13H8FN3O/c14-12-6-5-11(8-16-12)17-13(18)10-3-1-9(7-15)2-4-10/h1-6,8H,(H,17,18). The summed E-state index contributed by atoms with van der Waals surface area (Å²) in [6.45, 7) is 0. The van der Waals surface area contributed by atoms with Gasteiger partial charge < -0.3 is 5.32 Å². The van der Waals surface area contributed by atoms with Gasteiger partial charge in [-0.05, 0) is 36.4 Å². The van der Waals surface area contributed by atoms with Crippen LogP contribution in [0.3, 0.4) is 0 Å². The second-order valence-corrected chi connectivity index (χ2v) is 3.51. The molecule has 1 aromatic carbocycles. The van der Waals surface area contributed by atoms with Crippen LogP contribution in [0.1, 0.15) is 15.9 Å². The lowest BCUT2D eigenvalue weighted by molar-refractivity contribution is 0.102. The monoisotopic (exact) mass is 241 g/mol. The van der Waals surface area contributed by atoms with E-state index >= 15 is 0 Å². The summed E-state index contributed by atoms with van der Waals surface area (Å²) in [6.07, 6.45) is 1.23.